The zero-order valence-electron chi connectivity index (χ0n) is 12.1. The number of hydrogen-bond donors (Lipinski definition) is 2. The summed E-state index contributed by atoms with van der Waals surface area (Å²) in [6.45, 7) is 1.73. The molecule has 2 saturated carbocycles. The average Bonchev–Trinajstić information content (AvgIpc) is 3.24. The molecule has 0 radical (unpaired) electrons. The molecule has 1 heterocycles. The van der Waals surface area contributed by atoms with Gasteiger partial charge in [-0.25, -0.2) is 14.8 Å². The van der Waals surface area contributed by atoms with Crippen molar-refractivity contribution in [2.45, 2.75) is 67.7 Å². The number of carboxylic acids is 1. The SMILES string of the molecule is Cc1nc(C2CC2)nc(SC2CCCCC2O)c1C(=O)O. The van der Waals surface area contributed by atoms with Crippen molar-refractivity contribution in [2.75, 3.05) is 0 Å². The molecule has 2 fully saturated rings. The minimum Gasteiger partial charge on any atom is -0.478 e. The monoisotopic (exact) mass is 308 g/mol. The summed E-state index contributed by atoms with van der Waals surface area (Å²) in [7, 11) is 0. The molecule has 1 aromatic heterocycles. The number of aryl methyl sites for hydroxylation is 1. The summed E-state index contributed by atoms with van der Waals surface area (Å²) < 4.78 is 0. The third-order valence-corrected chi connectivity index (χ3v) is 5.53. The van der Waals surface area contributed by atoms with Crippen LogP contribution in [0.1, 0.15) is 66.3 Å². The predicted molar refractivity (Wildman–Crippen MR) is 79.8 cm³/mol. The van der Waals surface area contributed by atoms with Crippen LogP contribution in [0.5, 0.6) is 0 Å². The highest BCUT2D eigenvalue weighted by atomic mass is 32.2. The number of aromatic nitrogens is 2. The summed E-state index contributed by atoms with van der Waals surface area (Å²) >= 11 is 1.42. The first-order valence-corrected chi connectivity index (χ1v) is 8.40. The second kappa shape index (κ2) is 5.93. The third kappa shape index (κ3) is 3.21. The first kappa shape index (κ1) is 14.8. The summed E-state index contributed by atoms with van der Waals surface area (Å²) in [6.07, 6.45) is 5.62. The fraction of sp³-hybridized carbons (Fsp3) is 0.667. The average molecular weight is 308 g/mol. The van der Waals surface area contributed by atoms with E-state index in [0.29, 0.717) is 16.6 Å². The maximum absolute atomic E-state index is 11.5. The fourth-order valence-electron chi connectivity index (χ4n) is 2.78. The normalized spacial score (nSPS) is 25.8. The molecule has 0 aliphatic heterocycles. The van der Waals surface area contributed by atoms with E-state index in [9.17, 15) is 15.0 Å². The highest BCUT2D eigenvalue weighted by Gasteiger charge is 2.31. The summed E-state index contributed by atoms with van der Waals surface area (Å²) in [4.78, 5) is 20.4. The van der Waals surface area contributed by atoms with E-state index in [2.05, 4.69) is 9.97 Å². The van der Waals surface area contributed by atoms with Gasteiger partial charge < -0.3 is 10.2 Å². The van der Waals surface area contributed by atoms with Crippen LogP contribution in [0.15, 0.2) is 5.03 Å². The van der Waals surface area contributed by atoms with Gasteiger partial charge in [-0.1, -0.05) is 24.6 Å². The zero-order chi connectivity index (χ0) is 15.0. The first-order valence-electron chi connectivity index (χ1n) is 7.53. The Hall–Kier alpha value is -1.14. The zero-order valence-corrected chi connectivity index (χ0v) is 12.9. The van der Waals surface area contributed by atoms with Gasteiger partial charge in [0.05, 0.1) is 11.8 Å². The largest absolute Gasteiger partial charge is 0.478 e. The Morgan fingerprint density at radius 1 is 1.19 bits per heavy atom. The van der Waals surface area contributed by atoms with Crippen molar-refractivity contribution in [2.24, 2.45) is 0 Å². The van der Waals surface area contributed by atoms with Crippen molar-refractivity contribution >= 4 is 17.7 Å². The van der Waals surface area contributed by atoms with Crippen LogP contribution in [0, 0.1) is 6.92 Å². The topological polar surface area (TPSA) is 83.3 Å². The van der Waals surface area contributed by atoms with Gasteiger partial charge in [-0.2, -0.15) is 0 Å². The van der Waals surface area contributed by atoms with Gasteiger partial charge in [0.25, 0.3) is 0 Å². The molecule has 2 unspecified atom stereocenters. The lowest BCUT2D eigenvalue weighted by atomic mass is 9.97. The predicted octanol–water partition coefficient (Wildman–Crippen LogP) is 2.76. The van der Waals surface area contributed by atoms with Crippen LogP contribution in [0.2, 0.25) is 0 Å². The molecule has 21 heavy (non-hydrogen) atoms. The van der Waals surface area contributed by atoms with Gasteiger partial charge in [0.15, 0.2) is 0 Å². The van der Waals surface area contributed by atoms with Crippen LogP contribution in [-0.2, 0) is 0 Å². The molecule has 0 saturated heterocycles. The third-order valence-electron chi connectivity index (χ3n) is 4.16. The molecule has 2 N–H and O–H groups in total. The van der Waals surface area contributed by atoms with Crippen LogP contribution in [0.25, 0.3) is 0 Å². The molecule has 0 spiro atoms. The first-order chi connectivity index (χ1) is 10.1. The second-order valence-electron chi connectivity index (χ2n) is 5.93. The van der Waals surface area contributed by atoms with Crippen molar-refractivity contribution in [3.8, 4) is 0 Å². The van der Waals surface area contributed by atoms with E-state index in [1.165, 1.54) is 11.8 Å². The molecule has 2 aliphatic rings. The molecule has 1 aromatic rings. The standard InChI is InChI=1S/C15H20N2O3S/c1-8-12(15(19)20)14(17-13(16-8)9-6-7-9)21-11-5-3-2-4-10(11)18/h9-11,18H,2-7H2,1H3,(H,19,20). The molecule has 3 rings (SSSR count). The molecule has 5 nitrogen and oxygen atoms in total. The molecule has 0 bridgehead atoms. The lowest BCUT2D eigenvalue weighted by Gasteiger charge is -2.27. The Morgan fingerprint density at radius 3 is 2.52 bits per heavy atom. The number of aliphatic hydroxyl groups excluding tert-OH is 1. The highest BCUT2D eigenvalue weighted by Crippen LogP contribution is 2.41. The van der Waals surface area contributed by atoms with E-state index in [1.54, 1.807) is 6.92 Å². The second-order valence-corrected chi connectivity index (χ2v) is 7.16. The van der Waals surface area contributed by atoms with E-state index >= 15 is 0 Å². The molecule has 2 atom stereocenters. The van der Waals surface area contributed by atoms with Gasteiger partial charge in [0.2, 0.25) is 0 Å². The number of rotatable bonds is 4. The molecule has 6 heteroatoms. The van der Waals surface area contributed by atoms with Gasteiger partial charge in [0.1, 0.15) is 16.4 Å². The van der Waals surface area contributed by atoms with Crippen LogP contribution < -0.4 is 0 Å². The Bertz CT molecular complexity index is 560. The molecular weight excluding hydrogens is 288 g/mol. The molecule has 0 amide bonds. The lowest BCUT2D eigenvalue weighted by Crippen LogP contribution is -2.27. The Kier molecular flexibility index (Phi) is 4.17. The Labute approximate surface area is 128 Å². The minimum atomic E-state index is -0.984. The van der Waals surface area contributed by atoms with Gasteiger partial charge in [-0.05, 0) is 32.6 Å². The molecular formula is C15H20N2O3S. The number of thioether (sulfide) groups is 1. The van der Waals surface area contributed by atoms with Crippen molar-refractivity contribution in [1.82, 2.24) is 9.97 Å². The van der Waals surface area contributed by atoms with Gasteiger partial charge in [-0.15, -0.1) is 0 Å². The molecule has 0 aromatic carbocycles. The van der Waals surface area contributed by atoms with Crippen LogP contribution in [0.3, 0.4) is 0 Å². The van der Waals surface area contributed by atoms with Gasteiger partial charge in [0, 0.05) is 11.2 Å². The van der Waals surface area contributed by atoms with Crippen LogP contribution >= 0.6 is 11.8 Å². The summed E-state index contributed by atoms with van der Waals surface area (Å²) in [5, 5.41) is 20.1. The number of hydrogen-bond acceptors (Lipinski definition) is 5. The summed E-state index contributed by atoms with van der Waals surface area (Å²) in [5.74, 6) is 0.176. The maximum Gasteiger partial charge on any atom is 0.340 e. The molecule has 114 valence electrons. The van der Waals surface area contributed by atoms with Crippen molar-refractivity contribution < 1.29 is 15.0 Å². The van der Waals surface area contributed by atoms with Crippen LogP contribution in [0.4, 0.5) is 0 Å². The van der Waals surface area contributed by atoms with E-state index in [4.69, 9.17) is 0 Å². The quantitative estimate of drug-likeness (QED) is 0.832. The van der Waals surface area contributed by atoms with Crippen molar-refractivity contribution in [3.05, 3.63) is 17.1 Å². The summed E-state index contributed by atoms with van der Waals surface area (Å²) in [5.41, 5.74) is 0.731. The Morgan fingerprint density at radius 2 is 1.90 bits per heavy atom. The fourth-order valence-corrected chi connectivity index (χ4v) is 4.14. The highest BCUT2D eigenvalue weighted by molar-refractivity contribution is 8.00. The maximum atomic E-state index is 11.5. The number of nitrogens with zero attached hydrogens (tertiary/aromatic N) is 2. The van der Waals surface area contributed by atoms with Crippen LogP contribution in [-0.4, -0.2) is 37.5 Å². The van der Waals surface area contributed by atoms with E-state index in [0.717, 1.165) is 44.3 Å². The molecule has 2 aliphatic carbocycles. The van der Waals surface area contributed by atoms with Gasteiger partial charge in [-0.3, -0.25) is 0 Å². The minimum absolute atomic E-state index is 0.0400. The number of carboxylic acid groups (broad SMARTS) is 1. The van der Waals surface area contributed by atoms with Crippen molar-refractivity contribution in [1.29, 1.82) is 0 Å². The van der Waals surface area contributed by atoms with E-state index in [-0.39, 0.29) is 16.9 Å². The summed E-state index contributed by atoms with van der Waals surface area (Å²) in [6, 6.07) is 0. The van der Waals surface area contributed by atoms with Crippen molar-refractivity contribution in [3.63, 3.8) is 0 Å². The van der Waals surface area contributed by atoms with Gasteiger partial charge >= 0.3 is 5.97 Å². The Balaban J connectivity index is 1.92. The smallest absolute Gasteiger partial charge is 0.340 e. The van der Waals surface area contributed by atoms with E-state index in [1.807, 2.05) is 0 Å². The number of carbonyl (C=O) groups is 1. The van der Waals surface area contributed by atoms with E-state index < -0.39 is 5.97 Å². The number of aromatic carboxylic acids is 1. The number of aliphatic hydroxyl groups is 1. The lowest BCUT2D eigenvalue weighted by molar-refractivity contribution is 0.0690.